The van der Waals surface area contributed by atoms with Crippen molar-refractivity contribution < 1.29 is 9.90 Å². The van der Waals surface area contributed by atoms with Crippen LogP contribution in [0.5, 0.6) is 0 Å². The first-order valence-electron chi connectivity index (χ1n) is 4.69. The minimum atomic E-state index is -0.770. The van der Waals surface area contributed by atoms with Crippen molar-refractivity contribution in [3.63, 3.8) is 0 Å². The maximum atomic E-state index is 11.0. The number of carbonyl (C=O) groups is 1. The Bertz CT molecular complexity index is 350. The van der Waals surface area contributed by atoms with E-state index in [1.54, 1.807) is 0 Å². The summed E-state index contributed by atoms with van der Waals surface area (Å²) in [6.45, 7) is 0.224. The van der Waals surface area contributed by atoms with Crippen LogP contribution in [0.4, 0.5) is 0 Å². The molecule has 3 heteroatoms. The molecule has 0 radical (unpaired) electrons. The molecule has 0 aliphatic heterocycles. The van der Waals surface area contributed by atoms with Crippen LogP contribution in [0.3, 0.4) is 0 Å². The zero-order chi connectivity index (χ0) is 10.2. The molecule has 0 heterocycles. The molecule has 2 atom stereocenters. The Labute approximate surface area is 82.5 Å². The van der Waals surface area contributed by atoms with Crippen LogP contribution < -0.4 is 5.73 Å². The van der Waals surface area contributed by atoms with Gasteiger partial charge in [0.15, 0.2) is 0 Å². The predicted molar refractivity (Wildman–Crippen MR) is 52.9 cm³/mol. The standard InChI is InChI=1S/C11H13NO2/c12-7-11(10(13)14)6-9(11)8-4-2-1-3-5-8/h1-5,9H,6-7,12H2,(H,13,14). The molecule has 74 valence electrons. The molecule has 1 aromatic carbocycles. The highest BCUT2D eigenvalue weighted by Crippen LogP contribution is 2.58. The van der Waals surface area contributed by atoms with Gasteiger partial charge in [0.1, 0.15) is 0 Å². The van der Waals surface area contributed by atoms with E-state index in [0.717, 1.165) is 5.56 Å². The van der Waals surface area contributed by atoms with Gasteiger partial charge in [0, 0.05) is 12.5 Å². The molecular weight excluding hydrogens is 178 g/mol. The lowest BCUT2D eigenvalue weighted by molar-refractivity contribution is -0.143. The number of hydrogen-bond donors (Lipinski definition) is 2. The first-order valence-corrected chi connectivity index (χ1v) is 4.69. The highest BCUT2D eigenvalue weighted by Gasteiger charge is 2.59. The van der Waals surface area contributed by atoms with Crippen molar-refractivity contribution in [2.45, 2.75) is 12.3 Å². The molecule has 0 aromatic heterocycles. The zero-order valence-corrected chi connectivity index (χ0v) is 7.81. The van der Waals surface area contributed by atoms with Gasteiger partial charge in [-0.05, 0) is 12.0 Å². The Morgan fingerprint density at radius 1 is 1.50 bits per heavy atom. The topological polar surface area (TPSA) is 63.3 Å². The van der Waals surface area contributed by atoms with Crippen molar-refractivity contribution in [3.8, 4) is 0 Å². The molecule has 2 rings (SSSR count). The lowest BCUT2D eigenvalue weighted by atomic mass is 9.99. The van der Waals surface area contributed by atoms with Gasteiger partial charge in [-0.3, -0.25) is 4.79 Å². The first-order chi connectivity index (χ1) is 6.70. The third-order valence-corrected chi connectivity index (χ3v) is 3.07. The van der Waals surface area contributed by atoms with E-state index in [9.17, 15) is 4.79 Å². The van der Waals surface area contributed by atoms with Crippen LogP contribution >= 0.6 is 0 Å². The Morgan fingerprint density at radius 3 is 2.57 bits per heavy atom. The van der Waals surface area contributed by atoms with Gasteiger partial charge in [0.2, 0.25) is 0 Å². The van der Waals surface area contributed by atoms with Crippen LogP contribution in [0.25, 0.3) is 0 Å². The van der Waals surface area contributed by atoms with Crippen molar-refractivity contribution in [1.82, 2.24) is 0 Å². The summed E-state index contributed by atoms with van der Waals surface area (Å²) in [4.78, 5) is 11.0. The average molecular weight is 191 g/mol. The van der Waals surface area contributed by atoms with Gasteiger partial charge in [-0.15, -0.1) is 0 Å². The molecule has 0 saturated heterocycles. The maximum Gasteiger partial charge on any atom is 0.311 e. The second-order valence-corrected chi connectivity index (χ2v) is 3.83. The highest BCUT2D eigenvalue weighted by molar-refractivity contribution is 5.80. The summed E-state index contributed by atoms with van der Waals surface area (Å²) in [7, 11) is 0. The van der Waals surface area contributed by atoms with Crippen LogP contribution in [0.15, 0.2) is 30.3 Å². The van der Waals surface area contributed by atoms with Gasteiger partial charge in [-0.25, -0.2) is 0 Å². The van der Waals surface area contributed by atoms with E-state index in [0.29, 0.717) is 6.42 Å². The van der Waals surface area contributed by atoms with Gasteiger partial charge in [0.05, 0.1) is 5.41 Å². The van der Waals surface area contributed by atoms with Crippen molar-refractivity contribution in [1.29, 1.82) is 0 Å². The monoisotopic (exact) mass is 191 g/mol. The molecule has 0 spiro atoms. The van der Waals surface area contributed by atoms with Crippen LogP contribution in [0.2, 0.25) is 0 Å². The number of hydrogen-bond acceptors (Lipinski definition) is 2. The third kappa shape index (κ3) is 1.21. The van der Waals surface area contributed by atoms with Crippen molar-refractivity contribution >= 4 is 5.97 Å². The first kappa shape index (κ1) is 9.21. The van der Waals surface area contributed by atoms with E-state index >= 15 is 0 Å². The van der Waals surface area contributed by atoms with Crippen LogP contribution in [0.1, 0.15) is 17.9 Å². The molecule has 3 N–H and O–H groups in total. The highest BCUT2D eigenvalue weighted by atomic mass is 16.4. The van der Waals surface area contributed by atoms with E-state index in [4.69, 9.17) is 10.8 Å². The van der Waals surface area contributed by atoms with Crippen molar-refractivity contribution in [2.24, 2.45) is 11.1 Å². The predicted octanol–water partition coefficient (Wildman–Crippen LogP) is 1.20. The summed E-state index contributed by atoms with van der Waals surface area (Å²) in [5.74, 6) is -0.667. The summed E-state index contributed by atoms with van der Waals surface area (Å²) < 4.78 is 0. The minimum Gasteiger partial charge on any atom is -0.481 e. The second kappa shape index (κ2) is 3.10. The SMILES string of the molecule is NCC1(C(=O)O)CC1c1ccccc1. The Balaban J connectivity index is 2.22. The Hall–Kier alpha value is -1.35. The molecule has 1 fully saturated rings. The summed E-state index contributed by atoms with van der Waals surface area (Å²) in [5, 5.41) is 9.06. The maximum absolute atomic E-state index is 11.0. The molecule has 2 unspecified atom stereocenters. The van der Waals surface area contributed by atoms with Crippen molar-refractivity contribution in [2.75, 3.05) is 6.54 Å². The van der Waals surface area contributed by atoms with Crippen LogP contribution in [0, 0.1) is 5.41 Å². The number of carboxylic acid groups (broad SMARTS) is 1. The van der Waals surface area contributed by atoms with Crippen LogP contribution in [-0.4, -0.2) is 17.6 Å². The van der Waals surface area contributed by atoms with Crippen molar-refractivity contribution in [3.05, 3.63) is 35.9 Å². The third-order valence-electron chi connectivity index (χ3n) is 3.07. The van der Waals surface area contributed by atoms with Crippen LogP contribution in [-0.2, 0) is 4.79 Å². The van der Waals surface area contributed by atoms with Gasteiger partial charge >= 0.3 is 5.97 Å². The number of benzene rings is 1. The molecule has 1 aliphatic carbocycles. The van der Waals surface area contributed by atoms with Gasteiger partial charge in [-0.1, -0.05) is 30.3 Å². The lowest BCUT2D eigenvalue weighted by Crippen LogP contribution is -2.26. The summed E-state index contributed by atoms with van der Waals surface area (Å²) in [6.07, 6.45) is 0.669. The molecule has 1 saturated carbocycles. The fourth-order valence-electron chi connectivity index (χ4n) is 1.98. The number of rotatable bonds is 3. The Kier molecular flexibility index (Phi) is 2.04. The number of nitrogens with two attached hydrogens (primary N) is 1. The van der Waals surface area contributed by atoms with E-state index in [1.165, 1.54) is 0 Å². The number of carboxylic acids is 1. The van der Waals surface area contributed by atoms with E-state index in [-0.39, 0.29) is 12.5 Å². The average Bonchev–Trinajstić information content (AvgIpc) is 2.95. The summed E-state index contributed by atoms with van der Waals surface area (Å²) in [6, 6.07) is 9.71. The van der Waals surface area contributed by atoms with Gasteiger partial charge in [-0.2, -0.15) is 0 Å². The Morgan fingerprint density at radius 2 is 2.14 bits per heavy atom. The van der Waals surface area contributed by atoms with E-state index < -0.39 is 11.4 Å². The normalized spacial score (nSPS) is 29.9. The molecule has 1 aromatic rings. The lowest BCUT2D eigenvalue weighted by Gasteiger charge is -2.08. The molecule has 0 bridgehead atoms. The minimum absolute atomic E-state index is 0.103. The fraction of sp³-hybridized carbons (Fsp3) is 0.364. The molecule has 0 amide bonds. The molecule has 14 heavy (non-hydrogen) atoms. The van der Waals surface area contributed by atoms with Gasteiger partial charge in [0.25, 0.3) is 0 Å². The van der Waals surface area contributed by atoms with E-state index in [2.05, 4.69) is 0 Å². The zero-order valence-electron chi connectivity index (χ0n) is 7.81. The van der Waals surface area contributed by atoms with E-state index in [1.807, 2.05) is 30.3 Å². The largest absolute Gasteiger partial charge is 0.481 e. The second-order valence-electron chi connectivity index (χ2n) is 3.83. The fourth-order valence-corrected chi connectivity index (χ4v) is 1.98. The smallest absolute Gasteiger partial charge is 0.311 e. The molecule has 3 nitrogen and oxygen atoms in total. The quantitative estimate of drug-likeness (QED) is 0.754. The number of aliphatic carboxylic acids is 1. The summed E-state index contributed by atoms with van der Waals surface area (Å²) in [5.41, 5.74) is 5.91. The molecule has 1 aliphatic rings. The molecular formula is C11H13NO2. The summed E-state index contributed by atoms with van der Waals surface area (Å²) >= 11 is 0. The van der Waals surface area contributed by atoms with Gasteiger partial charge < -0.3 is 10.8 Å².